The lowest BCUT2D eigenvalue weighted by molar-refractivity contribution is -0.0401. The highest BCUT2D eigenvalue weighted by molar-refractivity contribution is 5.68. The van der Waals surface area contributed by atoms with Gasteiger partial charge in [0.15, 0.2) is 5.82 Å². The van der Waals surface area contributed by atoms with Crippen LogP contribution in [0.1, 0.15) is 39.3 Å². The van der Waals surface area contributed by atoms with E-state index < -0.39 is 23.1 Å². The van der Waals surface area contributed by atoms with E-state index in [9.17, 15) is 9.90 Å². The average Bonchev–Trinajstić information content (AvgIpc) is 3.21. The number of nitrogens with zero attached hydrogens (tertiary/aromatic N) is 3. The second-order valence-electron chi connectivity index (χ2n) is 9.85. The van der Waals surface area contributed by atoms with E-state index in [1.165, 1.54) is 9.58 Å². The molecule has 1 fully saturated rings. The number of amides is 1. The fourth-order valence-corrected chi connectivity index (χ4v) is 4.23. The van der Waals surface area contributed by atoms with Gasteiger partial charge in [0.25, 0.3) is 0 Å². The summed E-state index contributed by atoms with van der Waals surface area (Å²) < 4.78 is 33.5. The largest absolute Gasteiger partial charge is 0.497 e. The van der Waals surface area contributed by atoms with Crippen LogP contribution < -0.4 is 9.47 Å². The Bertz CT molecular complexity index is 1210. The summed E-state index contributed by atoms with van der Waals surface area (Å²) in [5, 5.41) is 16.1. The molecule has 1 aromatic heterocycles. The van der Waals surface area contributed by atoms with Gasteiger partial charge in [0, 0.05) is 18.7 Å². The van der Waals surface area contributed by atoms with Crippen molar-refractivity contribution < 1.29 is 28.5 Å². The van der Waals surface area contributed by atoms with Crippen LogP contribution in [0.25, 0.3) is 16.9 Å². The molecule has 3 aromatic rings. The zero-order chi connectivity index (χ0) is 26.1. The Hall–Kier alpha value is -3.59. The van der Waals surface area contributed by atoms with Crippen molar-refractivity contribution in [2.75, 3.05) is 27.3 Å². The highest BCUT2D eigenvalue weighted by Gasteiger charge is 2.42. The molecule has 4 rings (SSSR count). The summed E-state index contributed by atoms with van der Waals surface area (Å²) in [5.41, 5.74) is -0.795. The van der Waals surface area contributed by atoms with Crippen LogP contribution in [0, 0.1) is 5.82 Å². The maximum absolute atomic E-state index is 16.1. The van der Waals surface area contributed by atoms with Gasteiger partial charge in [-0.1, -0.05) is 0 Å². The average molecular weight is 498 g/mol. The van der Waals surface area contributed by atoms with Crippen molar-refractivity contribution >= 4 is 6.09 Å². The zero-order valence-electron chi connectivity index (χ0n) is 21.2. The molecule has 1 N–H and O–H groups in total. The van der Waals surface area contributed by atoms with Crippen LogP contribution in [0.15, 0.2) is 48.5 Å². The van der Waals surface area contributed by atoms with Gasteiger partial charge in [-0.3, -0.25) is 0 Å². The first-order valence-corrected chi connectivity index (χ1v) is 11.8. The summed E-state index contributed by atoms with van der Waals surface area (Å²) in [6.45, 7) is 5.84. The molecule has 9 heteroatoms. The van der Waals surface area contributed by atoms with E-state index in [1.807, 2.05) is 0 Å². The molecule has 2 aromatic carbocycles. The van der Waals surface area contributed by atoms with Gasteiger partial charge in [0.2, 0.25) is 0 Å². The molecule has 0 spiro atoms. The maximum atomic E-state index is 16.1. The monoisotopic (exact) mass is 497 g/mol. The number of rotatable bonds is 5. The van der Waals surface area contributed by atoms with Gasteiger partial charge < -0.3 is 24.2 Å². The normalized spacial score (nSPS) is 15.5. The van der Waals surface area contributed by atoms with Crippen molar-refractivity contribution in [2.24, 2.45) is 0 Å². The maximum Gasteiger partial charge on any atom is 0.410 e. The van der Waals surface area contributed by atoms with Crippen LogP contribution in [0.2, 0.25) is 0 Å². The first kappa shape index (κ1) is 25.5. The second-order valence-corrected chi connectivity index (χ2v) is 9.85. The fraction of sp³-hybridized carbons (Fsp3) is 0.407. The number of carbonyl (C=O) groups is 1. The van der Waals surface area contributed by atoms with Gasteiger partial charge in [0.1, 0.15) is 34.1 Å². The number of hydrogen-bond acceptors (Lipinski definition) is 6. The molecule has 1 amide bonds. The van der Waals surface area contributed by atoms with Gasteiger partial charge in [0.05, 0.1) is 19.9 Å². The quantitative estimate of drug-likeness (QED) is 0.539. The summed E-state index contributed by atoms with van der Waals surface area (Å²) in [4.78, 5) is 14.0. The van der Waals surface area contributed by atoms with Crippen LogP contribution in [-0.4, -0.2) is 58.8 Å². The standard InChI is InChI=1S/C27H32FN3O5/c1-26(2,3)36-25(32)30-16-14-27(33,15-17-30)24-22(28)23(18-6-10-20(34-4)11-7-18)31(29-24)19-8-12-21(35-5)13-9-19/h6-13,33H,14-17H2,1-5H3. The summed E-state index contributed by atoms with van der Waals surface area (Å²) in [6.07, 6.45) is -0.192. The number of piperidine rings is 1. The molecule has 0 bridgehead atoms. The molecule has 1 saturated heterocycles. The molecule has 1 aliphatic heterocycles. The lowest BCUT2D eigenvalue weighted by Gasteiger charge is -2.37. The van der Waals surface area contributed by atoms with E-state index in [2.05, 4.69) is 5.10 Å². The van der Waals surface area contributed by atoms with E-state index in [-0.39, 0.29) is 37.3 Å². The number of likely N-dealkylation sites (tertiary alicyclic amines) is 1. The number of methoxy groups -OCH3 is 2. The van der Waals surface area contributed by atoms with Crippen molar-refractivity contribution in [2.45, 2.75) is 44.8 Å². The first-order chi connectivity index (χ1) is 17.0. The molecule has 192 valence electrons. The van der Waals surface area contributed by atoms with E-state index in [0.717, 1.165) is 0 Å². The number of carbonyl (C=O) groups excluding carboxylic acids is 1. The predicted octanol–water partition coefficient (Wildman–Crippen LogP) is 4.91. The van der Waals surface area contributed by atoms with Crippen LogP contribution in [0.4, 0.5) is 9.18 Å². The number of benzene rings is 2. The minimum atomic E-state index is -1.54. The lowest BCUT2D eigenvalue weighted by atomic mass is 9.87. The Labute approximate surface area is 210 Å². The van der Waals surface area contributed by atoms with Crippen LogP contribution in [-0.2, 0) is 10.3 Å². The van der Waals surface area contributed by atoms with Crippen LogP contribution >= 0.6 is 0 Å². The Morgan fingerprint density at radius 2 is 1.50 bits per heavy atom. The Morgan fingerprint density at radius 3 is 2.00 bits per heavy atom. The third kappa shape index (κ3) is 5.16. The Morgan fingerprint density at radius 1 is 0.972 bits per heavy atom. The SMILES string of the molecule is COc1ccc(-c2c(F)c(C3(O)CCN(C(=O)OC(C)(C)C)CC3)nn2-c2ccc(OC)cc2)cc1. The molecule has 0 aliphatic carbocycles. The van der Waals surface area contributed by atoms with Crippen LogP contribution in [0.3, 0.4) is 0 Å². The minimum Gasteiger partial charge on any atom is -0.497 e. The molecular weight excluding hydrogens is 465 g/mol. The summed E-state index contributed by atoms with van der Waals surface area (Å²) >= 11 is 0. The Balaban J connectivity index is 1.71. The molecule has 0 saturated carbocycles. The number of aromatic nitrogens is 2. The second kappa shape index (κ2) is 9.81. The van der Waals surface area contributed by atoms with E-state index in [4.69, 9.17) is 14.2 Å². The van der Waals surface area contributed by atoms with Crippen molar-refractivity contribution in [3.63, 3.8) is 0 Å². The van der Waals surface area contributed by atoms with E-state index in [1.54, 1.807) is 83.5 Å². The zero-order valence-corrected chi connectivity index (χ0v) is 21.2. The molecule has 2 heterocycles. The molecule has 0 unspecified atom stereocenters. The number of hydrogen-bond donors (Lipinski definition) is 1. The minimum absolute atomic E-state index is 0.0482. The van der Waals surface area contributed by atoms with Crippen LogP contribution in [0.5, 0.6) is 11.5 Å². The molecule has 36 heavy (non-hydrogen) atoms. The van der Waals surface area contributed by atoms with Crippen molar-refractivity contribution in [3.8, 4) is 28.4 Å². The van der Waals surface area contributed by atoms with Crippen molar-refractivity contribution in [3.05, 3.63) is 60.0 Å². The topological polar surface area (TPSA) is 86.0 Å². The van der Waals surface area contributed by atoms with E-state index >= 15 is 4.39 Å². The molecule has 8 nitrogen and oxygen atoms in total. The molecule has 0 radical (unpaired) electrons. The third-order valence-corrected chi connectivity index (χ3v) is 6.19. The van der Waals surface area contributed by atoms with Gasteiger partial charge in [-0.2, -0.15) is 5.10 Å². The molecular formula is C27H32FN3O5. The first-order valence-electron chi connectivity index (χ1n) is 11.8. The number of ether oxygens (including phenoxy) is 3. The number of halogens is 1. The highest BCUT2D eigenvalue weighted by Crippen LogP contribution is 2.39. The van der Waals surface area contributed by atoms with Gasteiger partial charge >= 0.3 is 6.09 Å². The van der Waals surface area contributed by atoms with Crippen molar-refractivity contribution in [1.82, 2.24) is 14.7 Å². The molecule has 0 atom stereocenters. The predicted molar refractivity (Wildman–Crippen MR) is 133 cm³/mol. The Kier molecular flexibility index (Phi) is 6.95. The van der Waals surface area contributed by atoms with Gasteiger partial charge in [-0.05, 0) is 82.1 Å². The number of aliphatic hydroxyl groups is 1. The smallest absolute Gasteiger partial charge is 0.410 e. The fourth-order valence-electron chi connectivity index (χ4n) is 4.23. The lowest BCUT2D eigenvalue weighted by Crippen LogP contribution is -2.47. The van der Waals surface area contributed by atoms with Gasteiger partial charge in [-0.15, -0.1) is 0 Å². The van der Waals surface area contributed by atoms with Gasteiger partial charge in [-0.25, -0.2) is 13.9 Å². The summed E-state index contributed by atoms with van der Waals surface area (Å²) in [6, 6.07) is 14.1. The van der Waals surface area contributed by atoms with Crippen molar-refractivity contribution in [1.29, 1.82) is 0 Å². The van der Waals surface area contributed by atoms with E-state index in [0.29, 0.717) is 22.7 Å². The molecule has 1 aliphatic rings. The summed E-state index contributed by atoms with van der Waals surface area (Å²) in [7, 11) is 3.14. The third-order valence-electron chi connectivity index (χ3n) is 6.19. The highest BCUT2D eigenvalue weighted by atomic mass is 19.1. The summed E-state index contributed by atoms with van der Waals surface area (Å²) in [5.74, 6) is 0.693.